The molecule has 2 amide bonds. The minimum atomic E-state index is -4.95. The van der Waals surface area contributed by atoms with Crippen molar-refractivity contribution in [2.45, 2.75) is 25.6 Å². The number of carbonyl (C=O) groups excluding carboxylic acids is 2. The molecule has 104 valence electrons. The monoisotopic (exact) mass is 275 g/mol. The highest BCUT2D eigenvalue weighted by Gasteiger charge is 2.38. The van der Waals surface area contributed by atoms with Gasteiger partial charge >= 0.3 is 12.1 Å². The third-order valence-electron chi connectivity index (χ3n) is 2.46. The SMILES string of the molecule is CC(C(N)=O)c1ncccc1CNC(=O)C(F)(F)F. The minimum Gasteiger partial charge on any atom is -0.369 e. The van der Waals surface area contributed by atoms with Crippen LogP contribution < -0.4 is 11.1 Å². The molecule has 0 saturated carbocycles. The molecule has 0 aliphatic carbocycles. The van der Waals surface area contributed by atoms with Gasteiger partial charge in [-0.3, -0.25) is 14.6 Å². The van der Waals surface area contributed by atoms with E-state index in [9.17, 15) is 22.8 Å². The summed E-state index contributed by atoms with van der Waals surface area (Å²) in [4.78, 5) is 25.7. The lowest BCUT2D eigenvalue weighted by molar-refractivity contribution is -0.173. The largest absolute Gasteiger partial charge is 0.471 e. The highest BCUT2D eigenvalue weighted by molar-refractivity contribution is 5.82. The molecule has 0 bridgehead atoms. The number of hydrogen-bond acceptors (Lipinski definition) is 3. The summed E-state index contributed by atoms with van der Waals surface area (Å²) in [6, 6.07) is 2.96. The molecule has 1 rings (SSSR count). The molecular weight excluding hydrogens is 263 g/mol. The number of pyridine rings is 1. The molecule has 8 heteroatoms. The van der Waals surface area contributed by atoms with E-state index in [-0.39, 0.29) is 12.2 Å². The Labute approximate surface area is 107 Å². The van der Waals surface area contributed by atoms with Crippen LogP contribution in [0.4, 0.5) is 13.2 Å². The van der Waals surface area contributed by atoms with Crippen molar-refractivity contribution in [3.05, 3.63) is 29.6 Å². The van der Waals surface area contributed by atoms with Crippen molar-refractivity contribution >= 4 is 11.8 Å². The van der Waals surface area contributed by atoms with E-state index in [2.05, 4.69) is 4.98 Å². The summed E-state index contributed by atoms with van der Waals surface area (Å²) in [6.07, 6.45) is -3.55. The maximum absolute atomic E-state index is 12.0. The van der Waals surface area contributed by atoms with Crippen molar-refractivity contribution in [1.29, 1.82) is 0 Å². The van der Waals surface area contributed by atoms with Gasteiger partial charge < -0.3 is 11.1 Å². The van der Waals surface area contributed by atoms with Crippen LogP contribution in [-0.4, -0.2) is 23.0 Å². The molecule has 3 N–H and O–H groups in total. The second-order valence-electron chi connectivity index (χ2n) is 3.85. The van der Waals surface area contributed by atoms with E-state index < -0.39 is 23.9 Å². The first-order chi connectivity index (χ1) is 8.73. The summed E-state index contributed by atoms with van der Waals surface area (Å²) in [5.41, 5.74) is 5.67. The van der Waals surface area contributed by atoms with Gasteiger partial charge in [-0.15, -0.1) is 0 Å². The van der Waals surface area contributed by atoms with E-state index >= 15 is 0 Å². The van der Waals surface area contributed by atoms with Crippen molar-refractivity contribution in [2.75, 3.05) is 0 Å². The van der Waals surface area contributed by atoms with Crippen molar-refractivity contribution in [3.8, 4) is 0 Å². The van der Waals surface area contributed by atoms with Gasteiger partial charge in [-0.2, -0.15) is 13.2 Å². The van der Waals surface area contributed by atoms with Crippen LogP contribution in [0.5, 0.6) is 0 Å². The van der Waals surface area contributed by atoms with E-state index in [1.165, 1.54) is 25.3 Å². The van der Waals surface area contributed by atoms with Crippen LogP contribution in [0.1, 0.15) is 24.1 Å². The molecule has 5 nitrogen and oxygen atoms in total. The Hall–Kier alpha value is -2.12. The fourth-order valence-corrected chi connectivity index (χ4v) is 1.40. The molecule has 1 atom stereocenters. The van der Waals surface area contributed by atoms with Crippen LogP contribution in [0.2, 0.25) is 0 Å². The van der Waals surface area contributed by atoms with E-state index in [1.54, 1.807) is 5.32 Å². The van der Waals surface area contributed by atoms with E-state index in [0.29, 0.717) is 5.56 Å². The molecule has 19 heavy (non-hydrogen) atoms. The van der Waals surface area contributed by atoms with Crippen LogP contribution in [0.15, 0.2) is 18.3 Å². The van der Waals surface area contributed by atoms with Crippen LogP contribution >= 0.6 is 0 Å². The molecule has 0 saturated heterocycles. The third kappa shape index (κ3) is 3.94. The predicted octanol–water partition coefficient (Wildman–Crippen LogP) is 0.849. The van der Waals surface area contributed by atoms with Crippen LogP contribution in [-0.2, 0) is 16.1 Å². The zero-order chi connectivity index (χ0) is 14.6. The first-order valence-electron chi connectivity index (χ1n) is 5.31. The summed E-state index contributed by atoms with van der Waals surface area (Å²) in [7, 11) is 0. The van der Waals surface area contributed by atoms with Gasteiger partial charge in [0.15, 0.2) is 0 Å². The fraction of sp³-hybridized carbons (Fsp3) is 0.364. The average Bonchev–Trinajstić information content (AvgIpc) is 2.34. The molecule has 0 aliphatic heterocycles. The quantitative estimate of drug-likeness (QED) is 0.854. The van der Waals surface area contributed by atoms with Gasteiger partial charge in [0.05, 0.1) is 11.6 Å². The second-order valence-corrected chi connectivity index (χ2v) is 3.85. The van der Waals surface area contributed by atoms with Crippen molar-refractivity contribution in [3.63, 3.8) is 0 Å². The van der Waals surface area contributed by atoms with Crippen molar-refractivity contribution < 1.29 is 22.8 Å². The number of primary amides is 1. The molecule has 1 unspecified atom stereocenters. The van der Waals surface area contributed by atoms with Gasteiger partial charge in [-0.25, -0.2) is 0 Å². The first kappa shape index (κ1) is 14.9. The van der Waals surface area contributed by atoms with E-state index in [1.807, 2.05) is 0 Å². The smallest absolute Gasteiger partial charge is 0.369 e. The summed E-state index contributed by atoms with van der Waals surface area (Å²) in [6.45, 7) is 1.11. The number of nitrogens with two attached hydrogens (primary N) is 1. The standard InChI is InChI=1S/C11H12F3N3O2/c1-6(9(15)18)8-7(3-2-4-16-8)5-17-10(19)11(12,13)14/h2-4,6H,5H2,1H3,(H2,15,18)(H,17,19). The number of hydrogen-bond donors (Lipinski definition) is 2. The highest BCUT2D eigenvalue weighted by Crippen LogP contribution is 2.18. The Bertz CT molecular complexity index is 488. The van der Waals surface area contributed by atoms with Gasteiger partial charge in [-0.1, -0.05) is 6.07 Å². The summed E-state index contributed by atoms with van der Waals surface area (Å²) >= 11 is 0. The molecule has 1 heterocycles. The van der Waals surface area contributed by atoms with Gasteiger partial charge in [0.2, 0.25) is 5.91 Å². The number of carbonyl (C=O) groups is 2. The number of rotatable bonds is 4. The van der Waals surface area contributed by atoms with Crippen LogP contribution in [0.25, 0.3) is 0 Å². The minimum absolute atomic E-state index is 0.248. The number of alkyl halides is 3. The van der Waals surface area contributed by atoms with Gasteiger partial charge in [-0.05, 0) is 18.6 Å². The fourth-order valence-electron chi connectivity index (χ4n) is 1.40. The zero-order valence-corrected chi connectivity index (χ0v) is 9.99. The molecule has 0 aromatic carbocycles. The van der Waals surface area contributed by atoms with Crippen LogP contribution in [0, 0.1) is 0 Å². The molecule has 1 aromatic rings. The number of halogens is 3. The predicted molar refractivity (Wildman–Crippen MR) is 59.7 cm³/mol. The lowest BCUT2D eigenvalue weighted by Crippen LogP contribution is -2.36. The Morgan fingerprint density at radius 2 is 2.11 bits per heavy atom. The van der Waals surface area contributed by atoms with Gasteiger partial charge in [0, 0.05) is 12.7 Å². The molecular formula is C11H12F3N3O2. The summed E-state index contributed by atoms with van der Waals surface area (Å²) in [5.74, 6) is -3.45. The summed E-state index contributed by atoms with van der Waals surface area (Å²) < 4.78 is 36.1. The van der Waals surface area contributed by atoms with Crippen LogP contribution in [0.3, 0.4) is 0 Å². The maximum atomic E-state index is 12.0. The topological polar surface area (TPSA) is 85.1 Å². The van der Waals surface area contributed by atoms with E-state index in [4.69, 9.17) is 5.73 Å². The molecule has 0 fully saturated rings. The first-order valence-corrected chi connectivity index (χ1v) is 5.31. The van der Waals surface area contributed by atoms with Gasteiger partial charge in [0.1, 0.15) is 0 Å². The lowest BCUT2D eigenvalue weighted by Gasteiger charge is -2.13. The maximum Gasteiger partial charge on any atom is 0.471 e. The Morgan fingerprint density at radius 1 is 1.47 bits per heavy atom. The second kappa shape index (κ2) is 5.68. The third-order valence-corrected chi connectivity index (χ3v) is 2.46. The van der Waals surface area contributed by atoms with Crippen molar-refractivity contribution in [2.24, 2.45) is 5.73 Å². The van der Waals surface area contributed by atoms with E-state index in [0.717, 1.165) is 0 Å². The Morgan fingerprint density at radius 3 is 2.63 bits per heavy atom. The lowest BCUT2D eigenvalue weighted by atomic mass is 10.0. The summed E-state index contributed by atoms with van der Waals surface area (Å²) in [5, 5.41) is 1.72. The average molecular weight is 275 g/mol. The Balaban J connectivity index is 2.85. The normalized spacial score (nSPS) is 12.8. The number of nitrogens with zero attached hydrogens (tertiary/aromatic N) is 1. The number of amides is 2. The Kier molecular flexibility index (Phi) is 4.47. The van der Waals surface area contributed by atoms with Gasteiger partial charge in [0.25, 0.3) is 0 Å². The number of nitrogens with one attached hydrogen (secondary N) is 1. The van der Waals surface area contributed by atoms with Crippen molar-refractivity contribution in [1.82, 2.24) is 10.3 Å². The molecule has 0 spiro atoms. The molecule has 1 aromatic heterocycles. The molecule has 0 radical (unpaired) electrons. The number of aromatic nitrogens is 1. The molecule has 0 aliphatic rings. The zero-order valence-electron chi connectivity index (χ0n) is 9.99. The highest BCUT2D eigenvalue weighted by atomic mass is 19.4.